The zero-order valence-corrected chi connectivity index (χ0v) is 16.0. The number of rotatable bonds is 9. The van der Waals surface area contributed by atoms with E-state index < -0.39 is 56.9 Å². The number of carbonyl (C=O) groups is 2. The molecule has 0 N–H and O–H groups in total. The molecule has 1 aliphatic carbocycles. The highest BCUT2D eigenvalue weighted by atomic mass is 19.2. The number of ketones is 1. The van der Waals surface area contributed by atoms with E-state index >= 15 is 0 Å². The van der Waals surface area contributed by atoms with Crippen LogP contribution in [-0.2, 0) is 9.53 Å². The highest BCUT2D eigenvalue weighted by molar-refractivity contribution is 6.20. The average molecular weight is 414 g/mol. The third kappa shape index (κ3) is 4.80. The average Bonchev–Trinajstić information content (AvgIpc) is 2.64. The summed E-state index contributed by atoms with van der Waals surface area (Å²) in [6.45, 7) is 2.67. The first kappa shape index (κ1) is 22.5. The van der Waals surface area contributed by atoms with Gasteiger partial charge in [-0.25, -0.2) is 8.78 Å². The maximum atomic E-state index is 14.6. The summed E-state index contributed by atoms with van der Waals surface area (Å²) < 4.78 is 47.5. The van der Waals surface area contributed by atoms with Crippen LogP contribution in [0.4, 0.5) is 18.9 Å². The van der Waals surface area contributed by atoms with Gasteiger partial charge in [0.05, 0.1) is 11.5 Å². The van der Waals surface area contributed by atoms with Gasteiger partial charge in [0.15, 0.2) is 17.5 Å². The number of unbranched alkanes of at least 4 members (excludes halogenated alkanes) is 1. The first-order chi connectivity index (χ1) is 13.7. The third-order valence-corrected chi connectivity index (χ3v) is 4.74. The van der Waals surface area contributed by atoms with Gasteiger partial charge in [-0.05, 0) is 32.6 Å². The minimum Gasteiger partial charge on any atom is -0.465 e. The van der Waals surface area contributed by atoms with Crippen LogP contribution in [0.1, 0.15) is 54.9 Å². The van der Waals surface area contributed by atoms with Crippen molar-refractivity contribution in [3.8, 4) is 0 Å². The Bertz CT molecular complexity index is 853. The first-order valence-electron chi connectivity index (χ1n) is 9.26. The quantitative estimate of drug-likeness (QED) is 0.0886. The third-order valence-electron chi connectivity index (χ3n) is 4.74. The molecule has 0 radical (unpaired) electrons. The number of carbonyl (C=O) groups excluding carboxylic acids is 2. The van der Waals surface area contributed by atoms with E-state index in [0.717, 1.165) is 32.4 Å². The lowest BCUT2D eigenvalue weighted by Gasteiger charge is -2.21. The summed E-state index contributed by atoms with van der Waals surface area (Å²) in [5, 5.41) is 11.2. The predicted molar refractivity (Wildman–Crippen MR) is 97.5 cm³/mol. The molecule has 1 aliphatic rings. The molecule has 2 rings (SSSR count). The van der Waals surface area contributed by atoms with Crippen molar-refractivity contribution in [1.29, 1.82) is 0 Å². The van der Waals surface area contributed by atoms with Gasteiger partial charge < -0.3 is 4.74 Å². The van der Waals surface area contributed by atoms with Gasteiger partial charge in [-0.15, -0.1) is 0 Å². The van der Waals surface area contributed by atoms with Gasteiger partial charge in [-0.1, -0.05) is 13.3 Å². The van der Waals surface area contributed by atoms with Crippen LogP contribution >= 0.6 is 0 Å². The number of esters is 1. The van der Waals surface area contributed by atoms with E-state index in [9.17, 15) is 32.9 Å². The van der Waals surface area contributed by atoms with Crippen molar-refractivity contribution in [3.63, 3.8) is 0 Å². The Balaban J connectivity index is 2.50. The van der Waals surface area contributed by atoms with Crippen molar-refractivity contribution in [3.05, 3.63) is 38.7 Å². The van der Waals surface area contributed by atoms with E-state index in [2.05, 4.69) is 4.99 Å². The molecule has 0 heterocycles. The minimum atomic E-state index is -1.97. The predicted octanol–water partition coefficient (Wildman–Crippen LogP) is 4.09. The topological polar surface area (TPSA) is 98.9 Å². The van der Waals surface area contributed by atoms with E-state index in [1.165, 1.54) is 0 Å². The number of hydrogen-bond acceptors (Lipinski definition) is 6. The van der Waals surface area contributed by atoms with Crippen LogP contribution in [0, 0.1) is 40.4 Å². The SMILES string of the molecule is CCCCOC(=O)C(C=NC1CCC1)C(=O)c1c(F)c(C)c(F)c(F)c1[N+](=O)[O-]. The van der Waals surface area contributed by atoms with Gasteiger partial charge in [0.25, 0.3) is 0 Å². The standard InChI is InChI=1S/C19H21F3N2O5/c1-3-4-8-29-19(26)12(9-23-11-6-5-7-11)18(25)13-14(20)10(2)15(21)16(22)17(13)24(27)28/h9,11-12H,3-8H2,1-2H3. The van der Waals surface area contributed by atoms with Crippen molar-refractivity contribution in [1.82, 2.24) is 0 Å². The number of nitro benzene ring substituents is 1. The molecule has 1 aromatic rings. The molecular formula is C19H21F3N2O5. The van der Waals surface area contributed by atoms with Crippen LogP contribution in [0.15, 0.2) is 4.99 Å². The molecule has 1 fully saturated rings. The monoisotopic (exact) mass is 414 g/mol. The molecule has 0 spiro atoms. The van der Waals surface area contributed by atoms with Crippen LogP contribution in [0.5, 0.6) is 0 Å². The zero-order chi connectivity index (χ0) is 21.7. The Kier molecular flexibility index (Phi) is 7.46. The molecule has 0 aromatic heterocycles. The van der Waals surface area contributed by atoms with Crippen LogP contribution in [0.25, 0.3) is 0 Å². The second-order valence-electron chi connectivity index (χ2n) is 6.79. The number of aliphatic imine (C=N–C) groups is 1. The number of Topliss-reactive ketones (excluding diaryl/α,β-unsaturated/α-hetero) is 1. The van der Waals surface area contributed by atoms with E-state index in [4.69, 9.17) is 4.74 Å². The van der Waals surface area contributed by atoms with E-state index in [0.29, 0.717) is 12.8 Å². The zero-order valence-electron chi connectivity index (χ0n) is 16.0. The Hall–Kier alpha value is -2.78. The maximum absolute atomic E-state index is 14.6. The highest BCUT2D eigenvalue weighted by Gasteiger charge is 2.40. The van der Waals surface area contributed by atoms with Gasteiger partial charge in [0.1, 0.15) is 11.4 Å². The smallest absolute Gasteiger partial charge is 0.322 e. The first-order valence-corrected chi connectivity index (χ1v) is 9.26. The van der Waals surface area contributed by atoms with Crippen molar-refractivity contribution in [2.24, 2.45) is 10.9 Å². The fourth-order valence-electron chi connectivity index (χ4n) is 2.70. The fraction of sp³-hybridized carbons (Fsp3) is 0.526. The number of hydrogen-bond donors (Lipinski definition) is 0. The molecule has 0 saturated heterocycles. The molecule has 7 nitrogen and oxygen atoms in total. The van der Waals surface area contributed by atoms with Crippen molar-refractivity contribution in [2.75, 3.05) is 6.61 Å². The largest absolute Gasteiger partial charge is 0.465 e. The molecule has 158 valence electrons. The molecule has 1 aromatic carbocycles. The van der Waals surface area contributed by atoms with Gasteiger partial charge in [-0.3, -0.25) is 24.7 Å². The summed E-state index contributed by atoms with van der Waals surface area (Å²) in [5.41, 5.74) is -3.85. The summed E-state index contributed by atoms with van der Waals surface area (Å²) in [5.74, 6) is -9.61. The molecule has 0 bridgehead atoms. The second-order valence-corrected chi connectivity index (χ2v) is 6.79. The van der Waals surface area contributed by atoms with Gasteiger partial charge in [0, 0.05) is 17.8 Å². The van der Waals surface area contributed by atoms with Crippen LogP contribution in [0.2, 0.25) is 0 Å². The number of benzene rings is 1. The minimum absolute atomic E-state index is 0.0161. The lowest BCUT2D eigenvalue weighted by Crippen LogP contribution is -2.31. The van der Waals surface area contributed by atoms with E-state index in [1.54, 1.807) is 0 Å². The molecule has 10 heteroatoms. The molecule has 1 atom stereocenters. The summed E-state index contributed by atoms with van der Waals surface area (Å²) in [7, 11) is 0. The summed E-state index contributed by atoms with van der Waals surface area (Å²) >= 11 is 0. The van der Waals surface area contributed by atoms with Gasteiger partial charge in [-0.2, -0.15) is 4.39 Å². The van der Waals surface area contributed by atoms with E-state index in [1.807, 2.05) is 6.92 Å². The van der Waals surface area contributed by atoms with Crippen molar-refractivity contribution in [2.45, 2.75) is 52.0 Å². The lowest BCUT2D eigenvalue weighted by molar-refractivity contribution is -0.388. The van der Waals surface area contributed by atoms with Crippen LogP contribution in [-0.4, -0.2) is 35.5 Å². The van der Waals surface area contributed by atoms with Gasteiger partial charge in [0.2, 0.25) is 5.82 Å². The number of halogens is 3. The van der Waals surface area contributed by atoms with E-state index in [-0.39, 0.29) is 12.6 Å². The lowest BCUT2D eigenvalue weighted by atomic mass is 9.92. The second kappa shape index (κ2) is 9.62. The Labute approximate surface area is 165 Å². The molecule has 1 unspecified atom stereocenters. The summed E-state index contributed by atoms with van der Waals surface area (Å²) in [6, 6.07) is -0.125. The fourth-order valence-corrected chi connectivity index (χ4v) is 2.70. The summed E-state index contributed by atoms with van der Waals surface area (Å²) in [6.07, 6.45) is 4.56. The highest BCUT2D eigenvalue weighted by Crippen LogP contribution is 2.32. The molecule has 29 heavy (non-hydrogen) atoms. The molecular weight excluding hydrogens is 393 g/mol. The van der Waals surface area contributed by atoms with Crippen LogP contribution < -0.4 is 0 Å². The van der Waals surface area contributed by atoms with Gasteiger partial charge >= 0.3 is 11.7 Å². The normalized spacial score (nSPS) is 15.2. The number of nitro groups is 1. The molecule has 1 saturated carbocycles. The maximum Gasteiger partial charge on any atom is 0.322 e. The van der Waals surface area contributed by atoms with Crippen molar-refractivity contribution < 1.29 is 32.4 Å². The summed E-state index contributed by atoms with van der Waals surface area (Å²) in [4.78, 5) is 39.2. The number of ether oxygens (including phenoxy) is 1. The Morgan fingerprint density at radius 1 is 1.28 bits per heavy atom. The Morgan fingerprint density at radius 3 is 2.45 bits per heavy atom. The number of nitrogens with zero attached hydrogens (tertiary/aromatic N) is 2. The van der Waals surface area contributed by atoms with Crippen molar-refractivity contribution >= 4 is 23.7 Å². The van der Waals surface area contributed by atoms with Crippen LogP contribution in [0.3, 0.4) is 0 Å². The molecule has 0 amide bonds. The Morgan fingerprint density at radius 2 is 1.93 bits per heavy atom. The molecule has 0 aliphatic heterocycles.